The maximum atomic E-state index is 13.9. The number of carbonyl (C=O) groups excluding carboxylic acids is 1. The third kappa shape index (κ3) is 2.20. The van der Waals surface area contributed by atoms with Gasteiger partial charge in [0.15, 0.2) is 0 Å². The minimum atomic E-state index is -0.409. The topological polar surface area (TPSA) is 44.1 Å². The molecule has 0 aliphatic carbocycles. The normalized spacial score (nSPS) is 11.2. The number of methoxy groups -OCH3 is 1. The van der Waals surface area contributed by atoms with Crippen molar-refractivity contribution in [3.8, 4) is 0 Å². The largest absolute Gasteiger partial charge is 0.468 e. The SMILES string of the molecule is COC(=O)Cn1ncc2cc(C(C)C)c(F)cc21. The molecule has 0 saturated heterocycles. The van der Waals surface area contributed by atoms with E-state index >= 15 is 0 Å². The van der Waals surface area contributed by atoms with E-state index in [9.17, 15) is 9.18 Å². The maximum absolute atomic E-state index is 13.9. The molecule has 0 aliphatic rings. The number of hydrogen-bond donors (Lipinski definition) is 0. The van der Waals surface area contributed by atoms with Crippen molar-refractivity contribution in [2.75, 3.05) is 7.11 Å². The van der Waals surface area contributed by atoms with E-state index in [4.69, 9.17) is 0 Å². The first-order valence-corrected chi connectivity index (χ1v) is 5.74. The van der Waals surface area contributed by atoms with E-state index in [1.54, 1.807) is 12.3 Å². The molecular weight excluding hydrogens is 235 g/mol. The number of halogens is 1. The fourth-order valence-corrected chi connectivity index (χ4v) is 1.87. The van der Waals surface area contributed by atoms with Gasteiger partial charge in [-0.2, -0.15) is 5.10 Å². The van der Waals surface area contributed by atoms with E-state index in [1.807, 2.05) is 13.8 Å². The number of benzene rings is 1. The quantitative estimate of drug-likeness (QED) is 0.786. The van der Waals surface area contributed by atoms with Gasteiger partial charge in [0.05, 0.1) is 18.8 Å². The van der Waals surface area contributed by atoms with Gasteiger partial charge in [-0.3, -0.25) is 9.48 Å². The molecule has 0 radical (unpaired) electrons. The highest BCUT2D eigenvalue weighted by Crippen LogP contribution is 2.24. The van der Waals surface area contributed by atoms with E-state index in [1.165, 1.54) is 17.9 Å². The van der Waals surface area contributed by atoms with E-state index in [-0.39, 0.29) is 18.3 Å². The summed E-state index contributed by atoms with van der Waals surface area (Å²) in [5.41, 5.74) is 1.25. The molecule has 2 rings (SSSR count). The molecule has 1 aromatic carbocycles. The van der Waals surface area contributed by atoms with Gasteiger partial charge in [-0.1, -0.05) is 13.8 Å². The first-order chi connectivity index (χ1) is 8.52. The fourth-order valence-electron chi connectivity index (χ4n) is 1.87. The summed E-state index contributed by atoms with van der Waals surface area (Å²) in [6.45, 7) is 3.85. The number of fused-ring (bicyclic) bond motifs is 1. The summed E-state index contributed by atoms with van der Waals surface area (Å²) in [5, 5.41) is 4.90. The first-order valence-electron chi connectivity index (χ1n) is 5.74. The van der Waals surface area contributed by atoms with Crippen molar-refractivity contribution in [2.24, 2.45) is 0 Å². The Morgan fingerprint density at radius 3 is 2.83 bits per heavy atom. The lowest BCUT2D eigenvalue weighted by molar-refractivity contribution is -0.141. The number of aromatic nitrogens is 2. The van der Waals surface area contributed by atoms with Gasteiger partial charge >= 0.3 is 5.97 Å². The third-order valence-corrected chi connectivity index (χ3v) is 2.89. The molecule has 0 fully saturated rings. The highest BCUT2D eigenvalue weighted by atomic mass is 19.1. The van der Waals surface area contributed by atoms with Gasteiger partial charge in [-0.15, -0.1) is 0 Å². The van der Waals surface area contributed by atoms with Gasteiger partial charge in [0, 0.05) is 11.5 Å². The van der Waals surface area contributed by atoms with E-state index in [0.29, 0.717) is 11.1 Å². The molecular formula is C13H15FN2O2. The Morgan fingerprint density at radius 1 is 1.50 bits per heavy atom. The highest BCUT2D eigenvalue weighted by Gasteiger charge is 2.13. The van der Waals surface area contributed by atoms with Gasteiger partial charge in [-0.25, -0.2) is 4.39 Å². The van der Waals surface area contributed by atoms with Crippen LogP contribution < -0.4 is 0 Å². The Hall–Kier alpha value is -1.91. The van der Waals surface area contributed by atoms with Crippen molar-refractivity contribution in [1.82, 2.24) is 9.78 Å². The molecule has 1 heterocycles. The smallest absolute Gasteiger partial charge is 0.327 e. The summed E-state index contributed by atoms with van der Waals surface area (Å²) in [6.07, 6.45) is 1.63. The Bertz CT molecular complexity index is 590. The van der Waals surface area contributed by atoms with Crippen molar-refractivity contribution >= 4 is 16.9 Å². The van der Waals surface area contributed by atoms with Crippen LogP contribution >= 0.6 is 0 Å². The first kappa shape index (κ1) is 12.5. The number of rotatable bonds is 3. The summed E-state index contributed by atoms with van der Waals surface area (Å²) in [4.78, 5) is 11.2. The van der Waals surface area contributed by atoms with Crippen LogP contribution in [0.5, 0.6) is 0 Å². The summed E-state index contributed by atoms with van der Waals surface area (Å²) >= 11 is 0. The highest BCUT2D eigenvalue weighted by molar-refractivity contribution is 5.81. The molecule has 0 aliphatic heterocycles. The molecule has 18 heavy (non-hydrogen) atoms. The lowest BCUT2D eigenvalue weighted by Gasteiger charge is -2.08. The molecule has 0 saturated carbocycles. The summed E-state index contributed by atoms with van der Waals surface area (Å²) in [5.74, 6) is -0.573. The Labute approximate surface area is 104 Å². The fraction of sp³-hybridized carbons (Fsp3) is 0.385. The third-order valence-electron chi connectivity index (χ3n) is 2.89. The Kier molecular flexibility index (Phi) is 3.32. The second-order valence-corrected chi connectivity index (χ2v) is 4.47. The number of carbonyl (C=O) groups is 1. The molecule has 0 N–H and O–H groups in total. The van der Waals surface area contributed by atoms with Gasteiger partial charge in [0.1, 0.15) is 12.4 Å². The summed E-state index contributed by atoms with van der Waals surface area (Å²) in [6, 6.07) is 3.19. The van der Waals surface area contributed by atoms with Crippen LogP contribution in [0.4, 0.5) is 4.39 Å². The van der Waals surface area contributed by atoms with Crippen molar-refractivity contribution in [2.45, 2.75) is 26.3 Å². The van der Waals surface area contributed by atoms with E-state index < -0.39 is 5.97 Å². The Morgan fingerprint density at radius 2 is 2.22 bits per heavy atom. The number of hydrogen-bond acceptors (Lipinski definition) is 3. The standard InChI is InChI=1S/C13H15FN2O2/c1-8(2)10-4-9-6-15-16(7-13(17)18-3)12(9)5-11(10)14/h4-6,8H,7H2,1-3H3. The number of nitrogens with zero attached hydrogens (tertiary/aromatic N) is 2. The van der Waals surface area contributed by atoms with Crippen LogP contribution in [0.25, 0.3) is 10.9 Å². The second kappa shape index (κ2) is 4.76. The molecule has 4 nitrogen and oxygen atoms in total. The lowest BCUT2D eigenvalue weighted by Crippen LogP contribution is -2.12. The minimum Gasteiger partial charge on any atom is -0.468 e. The number of ether oxygens (including phenoxy) is 1. The van der Waals surface area contributed by atoms with Crippen molar-refractivity contribution < 1.29 is 13.9 Å². The van der Waals surface area contributed by atoms with Crippen molar-refractivity contribution in [3.05, 3.63) is 29.7 Å². The van der Waals surface area contributed by atoms with Crippen molar-refractivity contribution in [3.63, 3.8) is 0 Å². The predicted molar refractivity (Wildman–Crippen MR) is 65.8 cm³/mol. The van der Waals surface area contributed by atoms with Gasteiger partial charge in [0.25, 0.3) is 0 Å². The average molecular weight is 250 g/mol. The molecule has 0 atom stereocenters. The van der Waals surface area contributed by atoms with Crippen LogP contribution in [0.2, 0.25) is 0 Å². The maximum Gasteiger partial charge on any atom is 0.327 e. The molecule has 96 valence electrons. The number of esters is 1. The summed E-state index contributed by atoms with van der Waals surface area (Å²) < 4.78 is 19.9. The zero-order valence-corrected chi connectivity index (χ0v) is 10.6. The molecule has 5 heteroatoms. The molecule has 2 aromatic rings. The molecule has 0 unspecified atom stereocenters. The molecule has 1 aromatic heterocycles. The monoisotopic (exact) mass is 250 g/mol. The van der Waals surface area contributed by atoms with Crippen LogP contribution in [0.15, 0.2) is 18.3 Å². The zero-order valence-electron chi connectivity index (χ0n) is 10.6. The van der Waals surface area contributed by atoms with Crippen molar-refractivity contribution in [1.29, 1.82) is 0 Å². The predicted octanol–water partition coefficient (Wildman–Crippen LogP) is 2.47. The van der Waals surface area contributed by atoms with Gasteiger partial charge in [0.2, 0.25) is 0 Å². The lowest BCUT2D eigenvalue weighted by atomic mass is 10.0. The van der Waals surface area contributed by atoms with Crippen LogP contribution in [-0.2, 0) is 16.1 Å². The van der Waals surface area contributed by atoms with Gasteiger partial charge < -0.3 is 4.74 Å². The van der Waals surface area contributed by atoms with E-state index in [0.717, 1.165) is 5.39 Å². The zero-order chi connectivity index (χ0) is 13.3. The van der Waals surface area contributed by atoms with E-state index in [2.05, 4.69) is 9.84 Å². The molecule has 0 bridgehead atoms. The average Bonchev–Trinajstić information content (AvgIpc) is 2.70. The second-order valence-electron chi connectivity index (χ2n) is 4.47. The van der Waals surface area contributed by atoms with Gasteiger partial charge in [-0.05, 0) is 17.5 Å². The molecule has 0 amide bonds. The summed E-state index contributed by atoms with van der Waals surface area (Å²) in [7, 11) is 1.31. The minimum absolute atomic E-state index is 0.0134. The van der Waals surface area contributed by atoms with Crippen LogP contribution in [-0.4, -0.2) is 22.9 Å². The van der Waals surface area contributed by atoms with Crippen LogP contribution in [0.3, 0.4) is 0 Å². The van der Waals surface area contributed by atoms with Crippen LogP contribution in [0.1, 0.15) is 25.3 Å². The van der Waals surface area contributed by atoms with Crippen LogP contribution in [0, 0.1) is 5.82 Å². The Balaban J connectivity index is 2.48. The molecule has 0 spiro atoms.